The van der Waals surface area contributed by atoms with E-state index in [2.05, 4.69) is 31.2 Å². The second-order valence-electron chi connectivity index (χ2n) is 10.8. The van der Waals surface area contributed by atoms with Gasteiger partial charge in [-0.2, -0.15) is 0 Å². The summed E-state index contributed by atoms with van der Waals surface area (Å²) in [5.74, 6) is -0.624. The molecule has 0 bridgehead atoms. The van der Waals surface area contributed by atoms with Crippen LogP contribution in [0.4, 0.5) is 13.2 Å². The molecule has 37 heavy (non-hydrogen) atoms. The Morgan fingerprint density at radius 2 is 1.19 bits per heavy atom. The van der Waals surface area contributed by atoms with Crippen molar-refractivity contribution in [1.82, 2.24) is 0 Å². The molecule has 0 aromatic heterocycles. The van der Waals surface area contributed by atoms with E-state index >= 15 is 0 Å². The normalized spacial score (nSPS) is 17.8. The van der Waals surface area contributed by atoms with Gasteiger partial charge in [0, 0.05) is 0 Å². The lowest BCUT2D eigenvalue weighted by Gasteiger charge is -2.28. The van der Waals surface area contributed by atoms with Gasteiger partial charge in [-0.3, -0.25) is 0 Å². The molecule has 1 aliphatic rings. The minimum Gasteiger partial charge on any atom is -0.206 e. The molecule has 0 spiro atoms. The van der Waals surface area contributed by atoms with Gasteiger partial charge in [0.15, 0.2) is 0 Å². The third-order valence-electron chi connectivity index (χ3n) is 8.05. The Hall–Kier alpha value is -2.26. The van der Waals surface area contributed by atoms with Gasteiger partial charge < -0.3 is 0 Å². The lowest BCUT2D eigenvalue weighted by molar-refractivity contribution is 0.253. The minimum absolute atomic E-state index is 0.0669. The van der Waals surface area contributed by atoms with Gasteiger partial charge >= 0.3 is 0 Å². The SMILES string of the molecule is CCCCCc1ccc(CC[C@H]2CC[C@H](CCc3cc(F)c(-c4ccc(Cl)c(F)c4)c(F)c3)CC2)cc1. The van der Waals surface area contributed by atoms with Gasteiger partial charge in [-0.25, -0.2) is 13.2 Å². The van der Waals surface area contributed by atoms with Crippen molar-refractivity contribution in [2.75, 3.05) is 0 Å². The molecule has 0 nitrogen and oxygen atoms in total. The number of benzene rings is 3. The molecule has 1 fully saturated rings. The Balaban J connectivity index is 1.21. The van der Waals surface area contributed by atoms with E-state index in [9.17, 15) is 13.2 Å². The van der Waals surface area contributed by atoms with E-state index in [-0.39, 0.29) is 16.1 Å². The van der Waals surface area contributed by atoms with E-state index < -0.39 is 17.5 Å². The maximum absolute atomic E-state index is 14.8. The smallest absolute Gasteiger partial charge is 0.142 e. The summed E-state index contributed by atoms with van der Waals surface area (Å²) in [4.78, 5) is 0. The predicted molar refractivity (Wildman–Crippen MR) is 149 cm³/mol. The zero-order valence-corrected chi connectivity index (χ0v) is 22.6. The van der Waals surface area contributed by atoms with E-state index in [4.69, 9.17) is 11.6 Å². The summed E-state index contributed by atoms with van der Waals surface area (Å²) in [5, 5.41) is -0.0669. The fourth-order valence-corrected chi connectivity index (χ4v) is 5.82. The monoisotopic (exact) mass is 526 g/mol. The van der Waals surface area contributed by atoms with Crippen LogP contribution in [0.5, 0.6) is 0 Å². The topological polar surface area (TPSA) is 0 Å². The van der Waals surface area contributed by atoms with Crippen LogP contribution in [0.2, 0.25) is 5.02 Å². The second-order valence-corrected chi connectivity index (χ2v) is 11.2. The predicted octanol–water partition coefficient (Wildman–Crippen LogP) is 10.5. The highest BCUT2D eigenvalue weighted by atomic mass is 35.5. The molecule has 0 heterocycles. The quantitative estimate of drug-likeness (QED) is 0.218. The van der Waals surface area contributed by atoms with Crippen molar-refractivity contribution in [3.8, 4) is 11.1 Å². The molecule has 0 N–H and O–H groups in total. The Labute approximate surface area is 225 Å². The molecular weight excluding hydrogens is 489 g/mol. The van der Waals surface area contributed by atoms with E-state index in [0.717, 1.165) is 24.8 Å². The Bertz CT molecular complexity index is 1120. The number of hydrogen-bond acceptors (Lipinski definition) is 0. The molecule has 0 unspecified atom stereocenters. The molecule has 0 aliphatic heterocycles. The number of unbranched alkanes of at least 4 members (excludes halogenated alkanes) is 2. The first-order valence-electron chi connectivity index (χ1n) is 13.9. The first-order valence-corrected chi connectivity index (χ1v) is 14.3. The summed E-state index contributed by atoms with van der Waals surface area (Å²) < 4.78 is 43.3. The standard InChI is InChI=1S/C33H38ClF3/c1-2-3-4-5-23-6-8-24(9-7-23)10-11-25-12-14-26(15-13-25)16-17-27-20-31(36)33(32(37)21-27)28-18-19-29(34)30(35)22-28/h6-9,18-22,25-26H,2-5,10-17H2,1H3/t25-,26-. The summed E-state index contributed by atoms with van der Waals surface area (Å²) in [7, 11) is 0. The lowest BCUT2D eigenvalue weighted by Crippen LogP contribution is -2.16. The summed E-state index contributed by atoms with van der Waals surface area (Å²) >= 11 is 5.70. The average molecular weight is 527 g/mol. The van der Waals surface area contributed by atoms with Crippen LogP contribution in [0.25, 0.3) is 11.1 Å². The Morgan fingerprint density at radius 3 is 1.73 bits per heavy atom. The van der Waals surface area contributed by atoms with Gasteiger partial charge in [0.05, 0.1) is 10.6 Å². The van der Waals surface area contributed by atoms with Crippen LogP contribution in [0.1, 0.15) is 81.4 Å². The highest BCUT2D eigenvalue weighted by Gasteiger charge is 2.22. The summed E-state index contributed by atoms with van der Waals surface area (Å²) in [6.45, 7) is 2.24. The molecule has 4 heteroatoms. The molecule has 3 aromatic rings. The van der Waals surface area contributed by atoms with Crippen LogP contribution in [-0.2, 0) is 19.3 Å². The highest BCUT2D eigenvalue weighted by molar-refractivity contribution is 6.30. The third-order valence-corrected chi connectivity index (χ3v) is 8.36. The minimum atomic E-state index is -0.687. The fraction of sp³-hybridized carbons (Fsp3) is 0.455. The number of aryl methyl sites for hydroxylation is 3. The molecule has 0 saturated heterocycles. The first-order chi connectivity index (χ1) is 17.9. The zero-order chi connectivity index (χ0) is 26.2. The summed E-state index contributed by atoms with van der Waals surface area (Å²) in [6, 6.07) is 15.8. The molecular formula is C33H38ClF3. The first kappa shape index (κ1) is 27.8. The molecule has 4 rings (SSSR count). The van der Waals surface area contributed by atoms with Gasteiger partial charge in [-0.1, -0.05) is 87.4 Å². The van der Waals surface area contributed by atoms with Crippen molar-refractivity contribution >= 4 is 11.6 Å². The molecule has 0 amide bonds. The van der Waals surface area contributed by atoms with Crippen molar-refractivity contribution in [3.05, 3.63) is 93.8 Å². The lowest BCUT2D eigenvalue weighted by atomic mass is 9.77. The van der Waals surface area contributed by atoms with E-state index in [0.29, 0.717) is 17.9 Å². The van der Waals surface area contributed by atoms with Crippen molar-refractivity contribution in [2.45, 2.75) is 84.0 Å². The van der Waals surface area contributed by atoms with E-state index in [1.54, 1.807) is 0 Å². The van der Waals surface area contributed by atoms with Gasteiger partial charge in [-0.05, 0) is 96.9 Å². The maximum Gasteiger partial charge on any atom is 0.142 e. The Kier molecular flexibility index (Phi) is 10.1. The largest absolute Gasteiger partial charge is 0.206 e. The van der Waals surface area contributed by atoms with Crippen molar-refractivity contribution in [1.29, 1.82) is 0 Å². The van der Waals surface area contributed by atoms with Gasteiger partial charge in [-0.15, -0.1) is 0 Å². The van der Waals surface area contributed by atoms with Crippen LogP contribution in [0, 0.1) is 29.3 Å². The van der Waals surface area contributed by atoms with E-state index in [1.807, 2.05) is 0 Å². The molecule has 1 saturated carbocycles. The zero-order valence-electron chi connectivity index (χ0n) is 21.8. The summed E-state index contributed by atoms with van der Waals surface area (Å²) in [6.07, 6.45) is 13.9. The van der Waals surface area contributed by atoms with Crippen molar-refractivity contribution in [2.24, 2.45) is 11.8 Å². The van der Waals surface area contributed by atoms with Crippen LogP contribution in [0.15, 0.2) is 54.6 Å². The third kappa shape index (κ3) is 7.87. The fourth-order valence-electron chi connectivity index (χ4n) is 5.70. The average Bonchev–Trinajstić information content (AvgIpc) is 2.89. The van der Waals surface area contributed by atoms with Crippen LogP contribution < -0.4 is 0 Å². The van der Waals surface area contributed by atoms with Crippen molar-refractivity contribution < 1.29 is 13.2 Å². The number of rotatable bonds is 11. The molecule has 0 radical (unpaired) electrons. The second kappa shape index (κ2) is 13.5. The van der Waals surface area contributed by atoms with Gasteiger partial charge in [0.25, 0.3) is 0 Å². The number of halogens is 4. The molecule has 1 aliphatic carbocycles. The van der Waals surface area contributed by atoms with Gasteiger partial charge in [0.1, 0.15) is 17.5 Å². The van der Waals surface area contributed by atoms with Crippen LogP contribution in [0.3, 0.4) is 0 Å². The van der Waals surface area contributed by atoms with Crippen molar-refractivity contribution in [3.63, 3.8) is 0 Å². The molecule has 3 aromatic carbocycles. The van der Waals surface area contributed by atoms with Gasteiger partial charge in [0.2, 0.25) is 0 Å². The van der Waals surface area contributed by atoms with Crippen LogP contribution >= 0.6 is 11.6 Å². The highest BCUT2D eigenvalue weighted by Crippen LogP contribution is 2.35. The molecule has 198 valence electrons. The molecule has 0 atom stereocenters. The number of hydrogen-bond donors (Lipinski definition) is 0. The summed E-state index contributed by atoms with van der Waals surface area (Å²) in [5.41, 5.74) is 3.50. The maximum atomic E-state index is 14.8. The van der Waals surface area contributed by atoms with Crippen LogP contribution in [-0.4, -0.2) is 0 Å². The Morgan fingerprint density at radius 1 is 0.649 bits per heavy atom. The van der Waals surface area contributed by atoms with E-state index in [1.165, 1.54) is 93.2 Å².